The Morgan fingerprint density at radius 2 is 2.18 bits per heavy atom. The second-order valence-corrected chi connectivity index (χ2v) is 4.85. The number of piperidine rings is 1. The fraction of sp³-hybridized carbons (Fsp3) is 1.00. The topological polar surface area (TPSA) is 3.24 Å². The second kappa shape index (κ2) is 2.22. The normalized spacial score (nSPS) is 51.5. The van der Waals surface area contributed by atoms with Crippen LogP contribution in [0.25, 0.3) is 0 Å². The summed E-state index contributed by atoms with van der Waals surface area (Å²) in [5, 5.41) is 0. The van der Waals surface area contributed by atoms with Crippen molar-refractivity contribution < 1.29 is 0 Å². The van der Waals surface area contributed by atoms with Gasteiger partial charge in [-0.05, 0) is 45.6 Å². The highest BCUT2D eigenvalue weighted by atomic mass is 15.2. The summed E-state index contributed by atoms with van der Waals surface area (Å²) in [6.07, 6.45) is 5.72. The number of fused-ring (bicyclic) bond motifs is 2. The van der Waals surface area contributed by atoms with Crippen LogP contribution in [0.15, 0.2) is 0 Å². The van der Waals surface area contributed by atoms with E-state index in [4.69, 9.17) is 0 Å². The standard InChI is InChI=1S/C10H19N/c1-8-6-9-4-5-10(2,7-8)11(9)3/h8-9H,4-7H2,1-3H3/t8-,9?,10?/m0/s1. The van der Waals surface area contributed by atoms with Crippen LogP contribution in [0.5, 0.6) is 0 Å². The number of rotatable bonds is 0. The maximum Gasteiger partial charge on any atom is 0.0184 e. The Bertz CT molecular complexity index is 166. The molecule has 1 heteroatoms. The average molecular weight is 153 g/mol. The van der Waals surface area contributed by atoms with Crippen molar-refractivity contribution in [3.8, 4) is 0 Å². The van der Waals surface area contributed by atoms with Crippen molar-refractivity contribution in [2.75, 3.05) is 7.05 Å². The van der Waals surface area contributed by atoms with Gasteiger partial charge in [-0.15, -0.1) is 0 Å². The van der Waals surface area contributed by atoms with Crippen molar-refractivity contribution in [2.45, 2.75) is 51.1 Å². The lowest BCUT2D eigenvalue weighted by atomic mass is 9.84. The predicted molar refractivity (Wildman–Crippen MR) is 47.6 cm³/mol. The summed E-state index contributed by atoms with van der Waals surface area (Å²) in [6.45, 7) is 4.84. The van der Waals surface area contributed by atoms with Crippen molar-refractivity contribution in [2.24, 2.45) is 5.92 Å². The molecule has 0 aromatic heterocycles. The molecule has 11 heavy (non-hydrogen) atoms. The maximum atomic E-state index is 2.62. The fourth-order valence-corrected chi connectivity index (χ4v) is 3.11. The molecule has 2 fully saturated rings. The first-order chi connectivity index (χ1) is 5.12. The van der Waals surface area contributed by atoms with Gasteiger partial charge in [-0.3, -0.25) is 4.90 Å². The van der Waals surface area contributed by atoms with Crippen LogP contribution in [0.4, 0.5) is 0 Å². The lowest BCUT2D eigenvalue weighted by Crippen LogP contribution is -2.47. The van der Waals surface area contributed by atoms with Crippen molar-refractivity contribution >= 4 is 0 Å². The SMILES string of the molecule is C[C@H]1CC2CCC(C)(C1)N2C. The van der Waals surface area contributed by atoms with E-state index in [1.165, 1.54) is 25.7 Å². The summed E-state index contributed by atoms with van der Waals surface area (Å²) in [5.41, 5.74) is 0.558. The van der Waals surface area contributed by atoms with Crippen molar-refractivity contribution in [3.05, 3.63) is 0 Å². The van der Waals surface area contributed by atoms with Gasteiger partial charge in [-0.2, -0.15) is 0 Å². The Kier molecular flexibility index (Phi) is 1.54. The zero-order valence-electron chi connectivity index (χ0n) is 7.93. The Morgan fingerprint density at radius 3 is 2.82 bits per heavy atom. The third-order valence-electron chi connectivity index (χ3n) is 3.88. The minimum atomic E-state index is 0.558. The van der Waals surface area contributed by atoms with Crippen molar-refractivity contribution in [1.82, 2.24) is 4.90 Å². The van der Waals surface area contributed by atoms with Crippen LogP contribution >= 0.6 is 0 Å². The van der Waals surface area contributed by atoms with Gasteiger partial charge in [0.15, 0.2) is 0 Å². The molecule has 2 aliphatic rings. The van der Waals surface area contributed by atoms with E-state index >= 15 is 0 Å². The van der Waals surface area contributed by atoms with Crippen LogP contribution in [0.1, 0.15) is 39.5 Å². The Labute approximate surface area is 69.8 Å². The summed E-state index contributed by atoms with van der Waals surface area (Å²) in [7, 11) is 2.31. The van der Waals surface area contributed by atoms with E-state index in [1.54, 1.807) is 0 Å². The highest BCUT2D eigenvalue weighted by Gasteiger charge is 2.45. The van der Waals surface area contributed by atoms with Gasteiger partial charge in [0, 0.05) is 11.6 Å². The summed E-state index contributed by atoms with van der Waals surface area (Å²) in [4.78, 5) is 2.62. The van der Waals surface area contributed by atoms with Crippen molar-refractivity contribution in [1.29, 1.82) is 0 Å². The lowest BCUT2D eigenvalue weighted by Gasteiger charge is -2.42. The Balaban J connectivity index is 2.20. The van der Waals surface area contributed by atoms with Crippen LogP contribution < -0.4 is 0 Å². The van der Waals surface area contributed by atoms with Crippen LogP contribution in [-0.4, -0.2) is 23.5 Å². The Morgan fingerprint density at radius 1 is 1.45 bits per heavy atom. The largest absolute Gasteiger partial charge is 0.298 e. The first-order valence-corrected chi connectivity index (χ1v) is 4.85. The van der Waals surface area contributed by atoms with E-state index in [2.05, 4.69) is 25.8 Å². The number of hydrogen-bond donors (Lipinski definition) is 0. The molecule has 2 saturated heterocycles. The third-order valence-corrected chi connectivity index (χ3v) is 3.88. The lowest BCUT2D eigenvalue weighted by molar-refractivity contribution is 0.0685. The molecular weight excluding hydrogens is 134 g/mol. The van der Waals surface area contributed by atoms with Crippen molar-refractivity contribution in [3.63, 3.8) is 0 Å². The molecule has 0 saturated carbocycles. The fourth-order valence-electron chi connectivity index (χ4n) is 3.11. The van der Waals surface area contributed by atoms with E-state index in [0.717, 1.165) is 12.0 Å². The molecule has 0 aromatic rings. The minimum absolute atomic E-state index is 0.558. The smallest absolute Gasteiger partial charge is 0.0184 e. The highest BCUT2D eigenvalue weighted by molar-refractivity contribution is 5.01. The molecule has 2 bridgehead atoms. The molecule has 0 radical (unpaired) electrons. The molecule has 1 nitrogen and oxygen atoms in total. The van der Waals surface area contributed by atoms with E-state index < -0.39 is 0 Å². The van der Waals surface area contributed by atoms with E-state index in [-0.39, 0.29) is 0 Å². The number of nitrogens with zero attached hydrogens (tertiary/aromatic N) is 1. The van der Waals surface area contributed by atoms with Gasteiger partial charge >= 0.3 is 0 Å². The molecule has 2 unspecified atom stereocenters. The molecule has 0 N–H and O–H groups in total. The van der Waals surface area contributed by atoms with E-state index in [0.29, 0.717) is 5.54 Å². The maximum absolute atomic E-state index is 2.62. The van der Waals surface area contributed by atoms with E-state index in [1.807, 2.05) is 0 Å². The molecule has 0 aliphatic carbocycles. The summed E-state index contributed by atoms with van der Waals surface area (Å²) < 4.78 is 0. The molecule has 2 heterocycles. The molecule has 2 rings (SSSR count). The third kappa shape index (κ3) is 1.01. The molecule has 2 aliphatic heterocycles. The zero-order valence-corrected chi connectivity index (χ0v) is 7.93. The van der Waals surface area contributed by atoms with Crippen LogP contribution in [0.3, 0.4) is 0 Å². The van der Waals surface area contributed by atoms with E-state index in [9.17, 15) is 0 Å². The van der Waals surface area contributed by atoms with Gasteiger partial charge in [-0.1, -0.05) is 6.92 Å². The molecular formula is C10H19N. The van der Waals surface area contributed by atoms with Gasteiger partial charge in [-0.25, -0.2) is 0 Å². The van der Waals surface area contributed by atoms with Gasteiger partial charge in [0.2, 0.25) is 0 Å². The van der Waals surface area contributed by atoms with Crippen LogP contribution in [-0.2, 0) is 0 Å². The van der Waals surface area contributed by atoms with Gasteiger partial charge in [0.25, 0.3) is 0 Å². The number of hydrogen-bond acceptors (Lipinski definition) is 1. The summed E-state index contributed by atoms with van der Waals surface area (Å²) in [6, 6.07) is 0.906. The molecule has 0 spiro atoms. The van der Waals surface area contributed by atoms with Gasteiger partial charge in [0.1, 0.15) is 0 Å². The monoisotopic (exact) mass is 153 g/mol. The first-order valence-electron chi connectivity index (χ1n) is 4.85. The molecule has 0 aromatic carbocycles. The quantitative estimate of drug-likeness (QED) is 0.516. The average Bonchev–Trinajstić information content (AvgIpc) is 2.17. The summed E-state index contributed by atoms with van der Waals surface area (Å²) in [5.74, 6) is 0.962. The summed E-state index contributed by atoms with van der Waals surface area (Å²) >= 11 is 0. The second-order valence-electron chi connectivity index (χ2n) is 4.85. The Hall–Kier alpha value is -0.0400. The highest BCUT2D eigenvalue weighted by Crippen LogP contribution is 2.44. The van der Waals surface area contributed by atoms with Gasteiger partial charge in [0.05, 0.1) is 0 Å². The first kappa shape index (κ1) is 7.60. The zero-order chi connectivity index (χ0) is 8.06. The van der Waals surface area contributed by atoms with Crippen LogP contribution in [0, 0.1) is 5.92 Å². The van der Waals surface area contributed by atoms with Crippen LogP contribution in [0.2, 0.25) is 0 Å². The molecule has 3 atom stereocenters. The molecule has 64 valence electrons. The molecule has 0 amide bonds. The minimum Gasteiger partial charge on any atom is -0.298 e. The van der Waals surface area contributed by atoms with Gasteiger partial charge < -0.3 is 0 Å². The predicted octanol–water partition coefficient (Wildman–Crippen LogP) is 2.27.